The first-order valence-corrected chi connectivity index (χ1v) is 9.18. The van der Waals surface area contributed by atoms with Gasteiger partial charge < -0.3 is 20.3 Å². The SMILES string of the molecule is CCOc1ccc(N2CC(NC(=O)Nc3ccc(C(C)=O)cc3)CC2=O)cc1. The van der Waals surface area contributed by atoms with Crippen LogP contribution in [0.25, 0.3) is 0 Å². The molecule has 3 amide bonds. The van der Waals surface area contributed by atoms with E-state index in [1.165, 1.54) is 6.92 Å². The molecule has 7 heteroatoms. The first kappa shape index (κ1) is 19.4. The number of hydrogen-bond acceptors (Lipinski definition) is 4. The Balaban J connectivity index is 1.56. The minimum atomic E-state index is -0.387. The Morgan fingerprint density at radius 3 is 2.39 bits per heavy atom. The van der Waals surface area contributed by atoms with Crippen LogP contribution >= 0.6 is 0 Å². The fourth-order valence-electron chi connectivity index (χ4n) is 3.08. The van der Waals surface area contributed by atoms with E-state index in [9.17, 15) is 14.4 Å². The maximum Gasteiger partial charge on any atom is 0.319 e. The van der Waals surface area contributed by atoms with E-state index >= 15 is 0 Å². The Morgan fingerprint density at radius 1 is 1.11 bits per heavy atom. The molecule has 0 spiro atoms. The van der Waals surface area contributed by atoms with Gasteiger partial charge in [-0.3, -0.25) is 9.59 Å². The van der Waals surface area contributed by atoms with Crippen molar-refractivity contribution in [3.05, 3.63) is 54.1 Å². The number of anilines is 2. The van der Waals surface area contributed by atoms with Crippen molar-refractivity contribution in [2.45, 2.75) is 26.3 Å². The monoisotopic (exact) mass is 381 g/mol. The zero-order valence-electron chi connectivity index (χ0n) is 15.9. The van der Waals surface area contributed by atoms with E-state index in [0.717, 1.165) is 11.4 Å². The maximum atomic E-state index is 12.3. The van der Waals surface area contributed by atoms with Gasteiger partial charge in [0, 0.05) is 29.9 Å². The van der Waals surface area contributed by atoms with Gasteiger partial charge in [-0.15, -0.1) is 0 Å². The zero-order chi connectivity index (χ0) is 20.1. The van der Waals surface area contributed by atoms with Gasteiger partial charge in [0.15, 0.2) is 5.78 Å². The van der Waals surface area contributed by atoms with E-state index in [-0.39, 0.29) is 30.2 Å². The second kappa shape index (κ2) is 8.56. The van der Waals surface area contributed by atoms with Crippen molar-refractivity contribution in [2.75, 3.05) is 23.4 Å². The van der Waals surface area contributed by atoms with Crippen molar-refractivity contribution in [2.24, 2.45) is 0 Å². The van der Waals surface area contributed by atoms with Gasteiger partial charge in [0.05, 0.1) is 12.6 Å². The standard InChI is InChI=1S/C21H23N3O4/c1-3-28-19-10-8-18(9-11-19)24-13-17(12-20(24)26)23-21(27)22-16-6-4-15(5-7-16)14(2)25/h4-11,17H,3,12-13H2,1-2H3,(H2,22,23,27). The molecular weight excluding hydrogens is 358 g/mol. The number of amides is 3. The molecule has 2 aromatic rings. The molecule has 1 aliphatic rings. The van der Waals surface area contributed by atoms with Gasteiger partial charge in [0.1, 0.15) is 5.75 Å². The van der Waals surface area contributed by atoms with Crippen LogP contribution in [-0.4, -0.2) is 36.9 Å². The average Bonchev–Trinajstić information content (AvgIpc) is 3.03. The third-order valence-corrected chi connectivity index (χ3v) is 4.47. The van der Waals surface area contributed by atoms with E-state index in [1.807, 2.05) is 31.2 Å². The lowest BCUT2D eigenvalue weighted by molar-refractivity contribution is -0.117. The summed E-state index contributed by atoms with van der Waals surface area (Å²) in [6.07, 6.45) is 0.240. The smallest absolute Gasteiger partial charge is 0.319 e. The molecule has 1 fully saturated rings. The molecule has 28 heavy (non-hydrogen) atoms. The minimum Gasteiger partial charge on any atom is -0.494 e. The molecule has 146 valence electrons. The first-order chi connectivity index (χ1) is 13.5. The quantitative estimate of drug-likeness (QED) is 0.752. The van der Waals surface area contributed by atoms with E-state index < -0.39 is 0 Å². The second-order valence-corrected chi connectivity index (χ2v) is 6.56. The number of ketones is 1. The molecule has 1 atom stereocenters. The lowest BCUT2D eigenvalue weighted by Gasteiger charge is -2.18. The van der Waals surface area contributed by atoms with Gasteiger partial charge >= 0.3 is 6.03 Å². The number of Topliss-reactive ketones (excluding diaryl/α,β-unsaturated/α-hetero) is 1. The summed E-state index contributed by atoms with van der Waals surface area (Å²) >= 11 is 0. The van der Waals surface area contributed by atoms with E-state index in [4.69, 9.17) is 4.74 Å². The van der Waals surface area contributed by atoms with Crippen molar-refractivity contribution in [1.82, 2.24) is 5.32 Å². The van der Waals surface area contributed by atoms with Gasteiger partial charge in [-0.2, -0.15) is 0 Å². The number of urea groups is 1. The van der Waals surface area contributed by atoms with E-state index in [1.54, 1.807) is 29.2 Å². The Morgan fingerprint density at radius 2 is 1.79 bits per heavy atom. The first-order valence-electron chi connectivity index (χ1n) is 9.18. The molecule has 0 saturated carbocycles. The summed E-state index contributed by atoms with van der Waals surface area (Å²) in [5.74, 6) is 0.679. The van der Waals surface area contributed by atoms with Gasteiger partial charge in [0.2, 0.25) is 5.91 Å². The summed E-state index contributed by atoms with van der Waals surface area (Å²) in [6.45, 7) is 4.39. The third-order valence-electron chi connectivity index (χ3n) is 4.47. The summed E-state index contributed by atoms with van der Waals surface area (Å²) in [4.78, 5) is 37.5. The van der Waals surface area contributed by atoms with Crippen LogP contribution in [0.3, 0.4) is 0 Å². The van der Waals surface area contributed by atoms with Crippen molar-refractivity contribution in [1.29, 1.82) is 0 Å². The summed E-state index contributed by atoms with van der Waals surface area (Å²) in [7, 11) is 0. The number of carbonyl (C=O) groups is 3. The summed E-state index contributed by atoms with van der Waals surface area (Å²) in [5.41, 5.74) is 1.94. The van der Waals surface area contributed by atoms with Crippen LogP contribution in [0.4, 0.5) is 16.2 Å². The number of hydrogen-bond donors (Lipinski definition) is 2. The van der Waals surface area contributed by atoms with Crippen LogP contribution in [0, 0.1) is 0 Å². The highest BCUT2D eigenvalue weighted by molar-refractivity contribution is 5.98. The van der Waals surface area contributed by atoms with Crippen molar-refractivity contribution in [3.8, 4) is 5.75 Å². The molecule has 1 heterocycles. The molecule has 0 radical (unpaired) electrons. The van der Waals surface area contributed by atoms with Crippen LogP contribution in [0.5, 0.6) is 5.75 Å². The normalized spacial score (nSPS) is 16.0. The zero-order valence-corrected chi connectivity index (χ0v) is 15.9. The van der Waals surface area contributed by atoms with Gasteiger partial charge in [0.25, 0.3) is 0 Å². The van der Waals surface area contributed by atoms with Crippen molar-refractivity contribution < 1.29 is 19.1 Å². The maximum absolute atomic E-state index is 12.3. The Kier molecular flexibility index (Phi) is 5.93. The molecule has 0 aromatic heterocycles. The molecule has 1 saturated heterocycles. The largest absolute Gasteiger partial charge is 0.494 e. The van der Waals surface area contributed by atoms with Gasteiger partial charge in [-0.05, 0) is 62.4 Å². The summed E-state index contributed by atoms with van der Waals surface area (Å²) in [6, 6.07) is 13.3. The van der Waals surface area contributed by atoms with Crippen LogP contribution in [0.1, 0.15) is 30.6 Å². The highest BCUT2D eigenvalue weighted by atomic mass is 16.5. The molecule has 1 unspecified atom stereocenters. The lowest BCUT2D eigenvalue weighted by Crippen LogP contribution is -2.39. The number of ether oxygens (including phenoxy) is 1. The van der Waals surface area contributed by atoms with Crippen LogP contribution in [-0.2, 0) is 4.79 Å². The highest BCUT2D eigenvalue weighted by Crippen LogP contribution is 2.24. The molecule has 7 nitrogen and oxygen atoms in total. The van der Waals surface area contributed by atoms with Crippen molar-refractivity contribution in [3.63, 3.8) is 0 Å². The molecule has 2 N–H and O–H groups in total. The third kappa shape index (κ3) is 4.68. The van der Waals surface area contributed by atoms with Crippen molar-refractivity contribution >= 4 is 29.1 Å². The molecule has 3 rings (SSSR count). The summed E-state index contributed by atoms with van der Waals surface area (Å²) < 4.78 is 5.41. The Labute approximate surface area is 163 Å². The second-order valence-electron chi connectivity index (χ2n) is 6.56. The summed E-state index contributed by atoms with van der Waals surface area (Å²) in [5, 5.41) is 5.54. The number of nitrogens with zero attached hydrogens (tertiary/aromatic N) is 1. The average molecular weight is 381 g/mol. The number of rotatable bonds is 6. The van der Waals surface area contributed by atoms with E-state index in [2.05, 4.69) is 10.6 Å². The lowest BCUT2D eigenvalue weighted by atomic mass is 10.1. The topological polar surface area (TPSA) is 87.7 Å². The molecule has 0 bridgehead atoms. The van der Waals surface area contributed by atoms with Gasteiger partial charge in [-0.1, -0.05) is 0 Å². The fraction of sp³-hybridized carbons (Fsp3) is 0.286. The predicted octanol–water partition coefficient (Wildman–Crippen LogP) is 3.21. The molecular formula is C21H23N3O4. The van der Waals surface area contributed by atoms with Crippen LogP contribution in [0.2, 0.25) is 0 Å². The fourth-order valence-corrected chi connectivity index (χ4v) is 3.08. The molecule has 0 aliphatic carbocycles. The van der Waals surface area contributed by atoms with Crippen LogP contribution in [0.15, 0.2) is 48.5 Å². The van der Waals surface area contributed by atoms with Gasteiger partial charge in [-0.25, -0.2) is 4.79 Å². The minimum absolute atomic E-state index is 0.0325. The Hall–Kier alpha value is -3.35. The van der Waals surface area contributed by atoms with Crippen LogP contribution < -0.4 is 20.3 Å². The number of nitrogens with one attached hydrogen (secondary N) is 2. The molecule has 1 aliphatic heterocycles. The number of carbonyl (C=O) groups excluding carboxylic acids is 3. The highest BCUT2D eigenvalue weighted by Gasteiger charge is 2.31. The van der Waals surface area contributed by atoms with E-state index in [0.29, 0.717) is 24.4 Å². The number of benzene rings is 2. The Bertz CT molecular complexity index is 862. The predicted molar refractivity (Wildman–Crippen MR) is 107 cm³/mol. The molecule has 2 aromatic carbocycles.